The Morgan fingerprint density at radius 1 is 1.23 bits per heavy atom. The van der Waals surface area contributed by atoms with Crippen molar-refractivity contribution >= 4 is 27.1 Å². The van der Waals surface area contributed by atoms with Crippen molar-refractivity contribution in [1.29, 1.82) is 0 Å². The summed E-state index contributed by atoms with van der Waals surface area (Å²) in [4.78, 5) is 16.7. The normalized spacial score (nSPS) is 18.7. The molecule has 6 nitrogen and oxygen atoms in total. The fraction of sp³-hybridized carbons (Fsp3) is 0.368. The Morgan fingerprint density at radius 3 is 2.69 bits per heavy atom. The predicted octanol–water partition coefficient (Wildman–Crippen LogP) is 3.06. The van der Waals surface area contributed by atoms with Gasteiger partial charge in [0, 0.05) is 23.6 Å². The van der Waals surface area contributed by atoms with Gasteiger partial charge in [-0.05, 0) is 36.1 Å². The summed E-state index contributed by atoms with van der Waals surface area (Å²) in [5, 5.41) is 6.10. The van der Waals surface area contributed by atoms with Gasteiger partial charge < -0.3 is 10.6 Å². The van der Waals surface area contributed by atoms with Gasteiger partial charge in [0.25, 0.3) is 5.91 Å². The molecule has 1 amide bonds. The number of nitrogens with one attached hydrogen (secondary N) is 2. The molecule has 0 spiro atoms. The molecule has 1 unspecified atom stereocenters. The third kappa shape index (κ3) is 4.40. The summed E-state index contributed by atoms with van der Waals surface area (Å²) in [6.07, 6.45) is 2.13. The second kappa shape index (κ2) is 7.45. The van der Waals surface area contributed by atoms with E-state index >= 15 is 0 Å². The van der Waals surface area contributed by atoms with Crippen LogP contribution in [0.25, 0.3) is 0 Å². The lowest BCUT2D eigenvalue weighted by molar-refractivity contribution is 0.102. The largest absolute Gasteiger partial charge is 0.381 e. The van der Waals surface area contributed by atoms with Crippen molar-refractivity contribution in [3.05, 3.63) is 53.9 Å². The maximum absolute atomic E-state index is 12.6. The molecule has 0 saturated carbocycles. The smallest absolute Gasteiger partial charge is 0.274 e. The molecule has 1 aromatic heterocycles. The van der Waals surface area contributed by atoms with Gasteiger partial charge in [-0.1, -0.05) is 32.0 Å². The van der Waals surface area contributed by atoms with E-state index in [0.717, 1.165) is 11.3 Å². The Bertz CT molecular complexity index is 910. The van der Waals surface area contributed by atoms with Gasteiger partial charge in [0.1, 0.15) is 5.69 Å². The highest BCUT2D eigenvalue weighted by molar-refractivity contribution is 7.91. The zero-order chi connectivity index (χ0) is 18.7. The van der Waals surface area contributed by atoms with E-state index in [-0.39, 0.29) is 35.1 Å². The first-order chi connectivity index (χ1) is 12.3. The van der Waals surface area contributed by atoms with Crippen LogP contribution in [-0.4, -0.2) is 36.9 Å². The summed E-state index contributed by atoms with van der Waals surface area (Å²) in [5.41, 5.74) is 2.82. The van der Waals surface area contributed by atoms with E-state index in [0.29, 0.717) is 12.1 Å². The lowest BCUT2D eigenvalue weighted by Crippen LogP contribution is -2.21. The van der Waals surface area contributed by atoms with E-state index in [1.54, 1.807) is 18.3 Å². The molecule has 1 aromatic carbocycles. The van der Waals surface area contributed by atoms with Gasteiger partial charge in [0.2, 0.25) is 0 Å². The highest BCUT2D eigenvalue weighted by Gasteiger charge is 2.27. The van der Waals surface area contributed by atoms with E-state index in [4.69, 9.17) is 0 Å². The SMILES string of the molecule is CC(C)c1ccccc1NC(=O)c1cc(NC2CCS(=O)(=O)C2)ccn1. The Kier molecular flexibility index (Phi) is 5.27. The predicted molar refractivity (Wildman–Crippen MR) is 103 cm³/mol. The molecule has 1 atom stereocenters. The van der Waals surface area contributed by atoms with Crippen LogP contribution in [0.1, 0.15) is 42.2 Å². The summed E-state index contributed by atoms with van der Waals surface area (Å²) in [6.45, 7) is 4.15. The Labute approximate surface area is 154 Å². The highest BCUT2D eigenvalue weighted by Crippen LogP contribution is 2.24. The van der Waals surface area contributed by atoms with Crippen molar-refractivity contribution < 1.29 is 13.2 Å². The number of hydrogen-bond acceptors (Lipinski definition) is 5. The first kappa shape index (κ1) is 18.4. The standard InChI is InChI=1S/C19H23N3O3S/c1-13(2)16-5-3-4-6-17(16)22-19(23)18-11-14(7-9-20-18)21-15-8-10-26(24,25)12-15/h3-7,9,11,13,15H,8,10,12H2,1-2H3,(H,20,21)(H,22,23). The van der Waals surface area contributed by atoms with Crippen molar-refractivity contribution in [3.8, 4) is 0 Å². The lowest BCUT2D eigenvalue weighted by Gasteiger charge is -2.15. The van der Waals surface area contributed by atoms with Gasteiger partial charge in [0.05, 0.1) is 11.5 Å². The quantitative estimate of drug-likeness (QED) is 0.841. The average Bonchev–Trinajstić information content (AvgIpc) is 2.94. The molecule has 0 aliphatic carbocycles. The minimum Gasteiger partial charge on any atom is -0.381 e. The molecule has 1 aliphatic heterocycles. The molecule has 3 rings (SSSR count). The van der Waals surface area contributed by atoms with Crippen molar-refractivity contribution in [2.75, 3.05) is 22.1 Å². The van der Waals surface area contributed by atoms with Crippen molar-refractivity contribution in [2.45, 2.75) is 32.2 Å². The molecular weight excluding hydrogens is 350 g/mol. The number of sulfone groups is 1. The van der Waals surface area contributed by atoms with Crippen molar-refractivity contribution in [2.24, 2.45) is 0 Å². The van der Waals surface area contributed by atoms with Crippen LogP contribution in [0.15, 0.2) is 42.6 Å². The zero-order valence-electron chi connectivity index (χ0n) is 14.9. The van der Waals surface area contributed by atoms with E-state index in [1.807, 2.05) is 24.3 Å². The van der Waals surface area contributed by atoms with Gasteiger partial charge in [-0.3, -0.25) is 9.78 Å². The molecule has 2 N–H and O–H groups in total. The Balaban J connectivity index is 1.73. The number of carbonyl (C=O) groups excluding carboxylic acids is 1. The molecule has 2 aromatic rings. The summed E-state index contributed by atoms with van der Waals surface area (Å²) in [6, 6.07) is 11.0. The van der Waals surface area contributed by atoms with Gasteiger partial charge in [-0.2, -0.15) is 0 Å². The maximum atomic E-state index is 12.6. The van der Waals surface area contributed by atoms with Crippen molar-refractivity contribution in [1.82, 2.24) is 4.98 Å². The number of hydrogen-bond donors (Lipinski definition) is 2. The van der Waals surface area contributed by atoms with Crippen LogP contribution in [0.3, 0.4) is 0 Å². The maximum Gasteiger partial charge on any atom is 0.274 e. The average molecular weight is 373 g/mol. The fourth-order valence-electron chi connectivity index (χ4n) is 3.09. The van der Waals surface area contributed by atoms with Crippen LogP contribution < -0.4 is 10.6 Å². The van der Waals surface area contributed by atoms with E-state index < -0.39 is 9.84 Å². The van der Waals surface area contributed by atoms with Crippen LogP contribution in [-0.2, 0) is 9.84 Å². The molecule has 0 radical (unpaired) electrons. The lowest BCUT2D eigenvalue weighted by atomic mass is 10.0. The van der Waals surface area contributed by atoms with Gasteiger partial charge in [-0.25, -0.2) is 8.42 Å². The van der Waals surface area contributed by atoms with Gasteiger partial charge >= 0.3 is 0 Å². The Morgan fingerprint density at radius 2 is 2.00 bits per heavy atom. The minimum absolute atomic E-state index is 0.124. The summed E-state index contributed by atoms with van der Waals surface area (Å²) in [5.74, 6) is 0.325. The van der Waals surface area contributed by atoms with Gasteiger partial charge in [-0.15, -0.1) is 0 Å². The number of aromatic nitrogens is 1. The third-order valence-electron chi connectivity index (χ3n) is 4.43. The molecular formula is C19H23N3O3S. The number of carbonyl (C=O) groups is 1. The fourth-order valence-corrected chi connectivity index (χ4v) is 4.76. The summed E-state index contributed by atoms with van der Waals surface area (Å²) in [7, 11) is -2.95. The number of anilines is 2. The van der Waals surface area contributed by atoms with Crippen molar-refractivity contribution in [3.63, 3.8) is 0 Å². The van der Waals surface area contributed by atoms with Crippen LogP contribution in [0, 0.1) is 0 Å². The molecule has 26 heavy (non-hydrogen) atoms. The summed E-state index contributed by atoms with van der Waals surface area (Å²) >= 11 is 0. The number of para-hydroxylation sites is 1. The zero-order valence-corrected chi connectivity index (χ0v) is 15.7. The topological polar surface area (TPSA) is 88.2 Å². The molecule has 0 bridgehead atoms. The Hall–Kier alpha value is -2.41. The second-order valence-corrected chi connectivity index (χ2v) is 9.10. The van der Waals surface area contributed by atoms with E-state index in [9.17, 15) is 13.2 Å². The molecule has 1 aliphatic rings. The minimum atomic E-state index is -2.95. The van der Waals surface area contributed by atoms with Crippen LogP contribution in [0.2, 0.25) is 0 Å². The molecule has 2 heterocycles. The number of amides is 1. The first-order valence-corrected chi connectivity index (χ1v) is 10.5. The number of nitrogens with zero attached hydrogens (tertiary/aromatic N) is 1. The van der Waals surface area contributed by atoms with Crippen LogP contribution in [0.4, 0.5) is 11.4 Å². The number of pyridine rings is 1. The number of rotatable bonds is 5. The van der Waals surface area contributed by atoms with Gasteiger partial charge in [0.15, 0.2) is 9.84 Å². The highest BCUT2D eigenvalue weighted by atomic mass is 32.2. The molecule has 1 saturated heterocycles. The second-order valence-electron chi connectivity index (χ2n) is 6.87. The van der Waals surface area contributed by atoms with E-state index in [1.165, 1.54) is 0 Å². The number of benzene rings is 1. The molecule has 1 fully saturated rings. The van der Waals surface area contributed by atoms with Crippen LogP contribution >= 0.6 is 0 Å². The van der Waals surface area contributed by atoms with Crippen LogP contribution in [0.5, 0.6) is 0 Å². The third-order valence-corrected chi connectivity index (χ3v) is 6.19. The summed E-state index contributed by atoms with van der Waals surface area (Å²) < 4.78 is 23.2. The molecule has 7 heteroatoms. The molecule has 138 valence electrons. The first-order valence-electron chi connectivity index (χ1n) is 8.67. The monoisotopic (exact) mass is 373 g/mol. The van der Waals surface area contributed by atoms with E-state index in [2.05, 4.69) is 29.5 Å².